The van der Waals surface area contributed by atoms with Crippen molar-refractivity contribution in [1.29, 1.82) is 0 Å². The molecule has 7 heteroatoms. The topological polar surface area (TPSA) is 45.6 Å². The summed E-state index contributed by atoms with van der Waals surface area (Å²) >= 11 is 5.87. The Morgan fingerprint density at radius 3 is 2.64 bits per heavy atom. The van der Waals surface area contributed by atoms with E-state index in [9.17, 15) is 0 Å². The van der Waals surface area contributed by atoms with Crippen LogP contribution in [0.15, 0.2) is 60.9 Å². The van der Waals surface area contributed by atoms with Crippen LogP contribution in [0, 0.1) is 13.8 Å². The van der Waals surface area contributed by atoms with E-state index in [2.05, 4.69) is 81.1 Å². The van der Waals surface area contributed by atoms with Gasteiger partial charge < -0.3 is 19.5 Å². The first-order chi connectivity index (χ1) is 16.1. The van der Waals surface area contributed by atoms with Crippen LogP contribution in [0.25, 0.3) is 5.69 Å². The van der Waals surface area contributed by atoms with Crippen LogP contribution in [0.5, 0.6) is 0 Å². The summed E-state index contributed by atoms with van der Waals surface area (Å²) in [6.45, 7) is 9.69. The molecule has 6 nitrogen and oxygen atoms in total. The molecule has 2 fully saturated rings. The number of ether oxygens (including phenoxy) is 1. The number of aromatic nitrogens is 2. The lowest BCUT2D eigenvalue weighted by atomic mass is 10.0. The fourth-order valence-corrected chi connectivity index (χ4v) is 5.12. The summed E-state index contributed by atoms with van der Waals surface area (Å²) in [6.07, 6.45) is 4.01. The molecule has 0 saturated carbocycles. The number of morpholine rings is 1. The van der Waals surface area contributed by atoms with Gasteiger partial charge in [0, 0.05) is 50.0 Å². The van der Waals surface area contributed by atoms with Crippen LogP contribution in [0.4, 0.5) is 0 Å². The van der Waals surface area contributed by atoms with Crippen molar-refractivity contribution in [1.82, 2.24) is 24.7 Å². The lowest BCUT2D eigenvalue weighted by molar-refractivity contribution is 0.0349. The summed E-state index contributed by atoms with van der Waals surface area (Å²) in [6, 6.07) is 17.1. The van der Waals surface area contributed by atoms with Gasteiger partial charge in [-0.1, -0.05) is 12.1 Å². The van der Waals surface area contributed by atoms with Gasteiger partial charge in [-0.05, 0) is 73.6 Å². The third kappa shape index (κ3) is 4.53. The van der Waals surface area contributed by atoms with E-state index in [1.807, 2.05) is 18.3 Å². The first-order valence-electron chi connectivity index (χ1n) is 11.6. The summed E-state index contributed by atoms with van der Waals surface area (Å²) in [5.41, 5.74) is 5.98. The van der Waals surface area contributed by atoms with E-state index in [1.165, 1.54) is 22.5 Å². The third-order valence-corrected chi connectivity index (χ3v) is 7.16. The number of pyridine rings is 1. The Balaban J connectivity index is 1.51. The van der Waals surface area contributed by atoms with E-state index in [0.717, 1.165) is 50.2 Å². The average Bonchev–Trinajstić information content (AvgIpc) is 3.45. The standard InChI is InChI=1S/C26H31N5OS/c1-19-8-9-21(18-20(19)2)30-11-5-7-23(30)25-24(22-6-3-4-10-27-22)28-26(33)31(25)13-12-29-14-16-32-17-15-29/h3-11,18,24-25H,12-17H2,1-2H3,(H,28,33)/t24-,25-/m0/s1. The molecular weight excluding hydrogens is 430 g/mol. The molecular formula is C26H31N5OS. The van der Waals surface area contributed by atoms with E-state index in [0.29, 0.717) is 0 Å². The van der Waals surface area contributed by atoms with Gasteiger partial charge in [0.1, 0.15) is 0 Å². The molecule has 2 saturated heterocycles. The fraction of sp³-hybridized carbons (Fsp3) is 0.385. The van der Waals surface area contributed by atoms with Crippen molar-refractivity contribution in [2.75, 3.05) is 39.4 Å². The minimum Gasteiger partial charge on any atom is -0.379 e. The van der Waals surface area contributed by atoms with Crippen molar-refractivity contribution in [3.05, 3.63) is 83.4 Å². The van der Waals surface area contributed by atoms with Crippen molar-refractivity contribution in [2.24, 2.45) is 0 Å². The molecule has 3 aromatic rings. The molecule has 0 bridgehead atoms. The van der Waals surface area contributed by atoms with Crippen LogP contribution in [0.2, 0.25) is 0 Å². The highest BCUT2D eigenvalue weighted by Crippen LogP contribution is 2.39. The summed E-state index contributed by atoms with van der Waals surface area (Å²) in [5.74, 6) is 0. The highest BCUT2D eigenvalue weighted by Gasteiger charge is 2.41. The van der Waals surface area contributed by atoms with Gasteiger partial charge in [-0.15, -0.1) is 0 Å². The lowest BCUT2D eigenvalue weighted by Gasteiger charge is -2.32. The molecule has 2 aliphatic rings. The highest BCUT2D eigenvalue weighted by molar-refractivity contribution is 7.80. The highest BCUT2D eigenvalue weighted by atomic mass is 32.1. The van der Waals surface area contributed by atoms with E-state index < -0.39 is 0 Å². The van der Waals surface area contributed by atoms with Crippen LogP contribution in [0.1, 0.15) is 34.6 Å². The molecule has 5 rings (SSSR count). The Morgan fingerprint density at radius 2 is 1.88 bits per heavy atom. The maximum atomic E-state index is 5.87. The van der Waals surface area contributed by atoms with Crippen LogP contribution < -0.4 is 5.32 Å². The van der Waals surface area contributed by atoms with Crippen molar-refractivity contribution in [2.45, 2.75) is 25.9 Å². The molecule has 4 heterocycles. The van der Waals surface area contributed by atoms with Crippen molar-refractivity contribution in [3.63, 3.8) is 0 Å². The number of thiocarbonyl (C=S) groups is 1. The molecule has 1 N–H and O–H groups in total. The first-order valence-corrected chi connectivity index (χ1v) is 12.1. The van der Waals surface area contributed by atoms with Gasteiger partial charge in [-0.25, -0.2) is 0 Å². The van der Waals surface area contributed by atoms with E-state index >= 15 is 0 Å². The summed E-state index contributed by atoms with van der Waals surface area (Å²) in [5, 5.41) is 4.37. The van der Waals surface area contributed by atoms with E-state index in [1.54, 1.807) is 0 Å². The molecule has 1 aromatic carbocycles. The second-order valence-electron chi connectivity index (χ2n) is 8.85. The monoisotopic (exact) mass is 461 g/mol. The number of rotatable bonds is 6. The largest absolute Gasteiger partial charge is 0.379 e. The maximum Gasteiger partial charge on any atom is 0.170 e. The number of nitrogens with one attached hydrogen (secondary N) is 1. The normalized spacial score (nSPS) is 21.4. The van der Waals surface area contributed by atoms with Crippen LogP contribution >= 0.6 is 12.2 Å². The average molecular weight is 462 g/mol. The summed E-state index contributed by atoms with van der Waals surface area (Å²) in [4.78, 5) is 9.49. The molecule has 2 aromatic heterocycles. The van der Waals surface area contributed by atoms with Crippen LogP contribution in [-0.4, -0.2) is 63.9 Å². The predicted molar refractivity (Wildman–Crippen MR) is 135 cm³/mol. The maximum absolute atomic E-state index is 5.87. The number of benzene rings is 1. The lowest BCUT2D eigenvalue weighted by Crippen LogP contribution is -2.42. The number of hydrogen-bond acceptors (Lipinski definition) is 4. The van der Waals surface area contributed by atoms with Gasteiger partial charge in [0.15, 0.2) is 5.11 Å². The minimum atomic E-state index is -0.0106. The van der Waals surface area contributed by atoms with Gasteiger partial charge in [-0.2, -0.15) is 0 Å². The second kappa shape index (κ2) is 9.63. The van der Waals surface area contributed by atoms with Gasteiger partial charge in [0.2, 0.25) is 0 Å². The molecule has 0 radical (unpaired) electrons. The summed E-state index contributed by atoms with van der Waals surface area (Å²) < 4.78 is 7.82. The minimum absolute atomic E-state index is 0.0106. The number of aryl methyl sites for hydroxylation is 2. The van der Waals surface area contributed by atoms with Gasteiger partial charge in [0.25, 0.3) is 0 Å². The van der Waals surface area contributed by atoms with Crippen molar-refractivity contribution >= 4 is 17.3 Å². The quantitative estimate of drug-likeness (QED) is 0.564. The molecule has 2 atom stereocenters. The molecule has 0 unspecified atom stereocenters. The molecule has 0 aliphatic carbocycles. The zero-order valence-electron chi connectivity index (χ0n) is 19.3. The van der Waals surface area contributed by atoms with E-state index in [4.69, 9.17) is 17.0 Å². The second-order valence-corrected chi connectivity index (χ2v) is 9.23. The smallest absolute Gasteiger partial charge is 0.170 e. The third-order valence-electron chi connectivity index (χ3n) is 6.81. The molecule has 172 valence electrons. The molecule has 2 aliphatic heterocycles. The van der Waals surface area contributed by atoms with Gasteiger partial charge in [0.05, 0.1) is 31.0 Å². The SMILES string of the molecule is Cc1ccc(-n2cccc2[C@H]2[C@H](c3ccccn3)NC(=S)N2CCN2CCOCC2)cc1C. The predicted octanol–water partition coefficient (Wildman–Crippen LogP) is 3.79. The van der Waals surface area contributed by atoms with Crippen molar-refractivity contribution < 1.29 is 4.74 Å². The van der Waals surface area contributed by atoms with Gasteiger partial charge >= 0.3 is 0 Å². The number of nitrogens with zero attached hydrogens (tertiary/aromatic N) is 4. The molecule has 33 heavy (non-hydrogen) atoms. The van der Waals surface area contributed by atoms with Crippen LogP contribution in [0.3, 0.4) is 0 Å². The van der Waals surface area contributed by atoms with Gasteiger partial charge in [-0.3, -0.25) is 9.88 Å². The summed E-state index contributed by atoms with van der Waals surface area (Å²) in [7, 11) is 0. The van der Waals surface area contributed by atoms with Crippen LogP contribution in [-0.2, 0) is 4.74 Å². The Kier molecular flexibility index (Phi) is 6.44. The van der Waals surface area contributed by atoms with Crippen molar-refractivity contribution in [3.8, 4) is 5.69 Å². The Morgan fingerprint density at radius 1 is 1.03 bits per heavy atom. The molecule has 0 spiro atoms. The fourth-order valence-electron chi connectivity index (χ4n) is 4.79. The Hall–Kier alpha value is -2.74. The first kappa shape index (κ1) is 22.1. The Bertz CT molecular complexity index is 1110. The zero-order valence-corrected chi connectivity index (χ0v) is 20.1. The molecule has 0 amide bonds. The van der Waals surface area contributed by atoms with E-state index in [-0.39, 0.29) is 12.1 Å². The number of hydrogen-bond donors (Lipinski definition) is 1. The zero-order chi connectivity index (χ0) is 22.8. The Labute approximate surface area is 201 Å².